The summed E-state index contributed by atoms with van der Waals surface area (Å²) in [6.07, 6.45) is 0.640. The zero-order valence-electron chi connectivity index (χ0n) is 14.7. The number of carbonyl (C=O) groups excluding carboxylic acids is 1. The fourth-order valence-corrected chi connectivity index (χ4v) is 2.50. The molecule has 0 aliphatic heterocycles. The summed E-state index contributed by atoms with van der Waals surface area (Å²) in [7, 11) is 0. The molecule has 23 heavy (non-hydrogen) atoms. The van der Waals surface area contributed by atoms with Crippen molar-refractivity contribution in [2.75, 3.05) is 6.61 Å². The highest BCUT2D eigenvalue weighted by Gasteiger charge is 2.22. The molecular weight excluding hydrogens is 292 g/mol. The molecule has 0 N–H and O–H groups in total. The van der Waals surface area contributed by atoms with Gasteiger partial charge in [0.05, 0.1) is 0 Å². The van der Waals surface area contributed by atoms with E-state index in [0.29, 0.717) is 23.3 Å². The number of hydrogen-bond donors (Lipinski definition) is 0. The predicted octanol–water partition coefficient (Wildman–Crippen LogP) is 3.97. The third kappa shape index (κ3) is 3.31. The molecule has 0 radical (unpaired) electrons. The molecule has 4 heteroatoms. The molecule has 0 unspecified atom stereocenters. The molecule has 1 heterocycles. The maximum atomic E-state index is 12.1. The van der Waals surface area contributed by atoms with Crippen LogP contribution in [0.4, 0.5) is 0 Å². The van der Waals surface area contributed by atoms with Gasteiger partial charge in [-0.05, 0) is 38.0 Å². The number of benzene rings is 1. The second-order valence-corrected chi connectivity index (χ2v) is 6.87. The number of fused-ring (bicyclic) bond motifs is 1. The van der Waals surface area contributed by atoms with Gasteiger partial charge in [-0.2, -0.15) is 0 Å². The van der Waals surface area contributed by atoms with Crippen LogP contribution in [-0.2, 0) is 11.2 Å². The summed E-state index contributed by atoms with van der Waals surface area (Å²) < 4.78 is 11.1. The van der Waals surface area contributed by atoms with Crippen LogP contribution in [0, 0.1) is 19.3 Å². The average Bonchev–Trinajstić information content (AvgIpc) is 2.46. The van der Waals surface area contributed by atoms with Crippen molar-refractivity contribution in [2.45, 2.75) is 48.0 Å². The van der Waals surface area contributed by atoms with Crippen LogP contribution in [0.1, 0.15) is 44.4 Å². The first-order valence-corrected chi connectivity index (χ1v) is 7.88. The van der Waals surface area contributed by atoms with Crippen LogP contribution >= 0.6 is 0 Å². The van der Waals surface area contributed by atoms with E-state index < -0.39 is 5.41 Å². The molecule has 0 spiro atoms. The van der Waals surface area contributed by atoms with Crippen molar-refractivity contribution in [1.82, 2.24) is 0 Å². The fourth-order valence-electron chi connectivity index (χ4n) is 2.50. The minimum absolute atomic E-state index is 0.00606. The molecule has 0 saturated heterocycles. The van der Waals surface area contributed by atoms with Gasteiger partial charge in [-0.25, -0.2) is 4.79 Å². The molecule has 1 aromatic heterocycles. The summed E-state index contributed by atoms with van der Waals surface area (Å²) in [5.41, 5.74) is 2.18. The van der Waals surface area contributed by atoms with Crippen LogP contribution in [0.3, 0.4) is 0 Å². The molecule has 0 aliphatic rings. The zero-order valence-corrected chi connectivity index (χ0v) is 14.7. The molecule has 4 nitrogen and oxygen atoms in total. The Morgan fingerprint density at radius 1 is 1.17 bits per heavy atom. The Labute approximate surface area is 136 Å². The Kier molecular flexibility index (Phi) is 4.64. The number of rotatable bonds is 4. The number of aryl methyl sites for hydroxylation is 2. The lowest BCUT2D eigenvalue weighted by Crippen LogP contribution is -2.26. The van der Waals surface area contributed by atoms with Crippen molar-refractivity contribution in [2.24, 2.45) is 5.41 Å². The first-order valence-electron chi connectivity index (χ1n) is 7.88. The molecule has 124 valence electrons. The standard InChI is InChI=1S/C19H24O4/c1-7-13-11(2)14-8-9-15(12(3)17(14)23-18(13)21)22-10-16(20)19(4,5)6/h8-9H,7,10H2,1-6H3. The highest BCUT2D eigenvalue weighted by molar-refractivity contribution is 5.87. The van der Waals surface area contributed by atoms with E-state index in [1.165, 1.54) is 0 Å². The Hall–Kier alpha value is -2.10. The Morgan fingerprint density at radius 3 is 2.39 bits per heavy atom. The first-order chi connectivity index (χ1) is 10.7. The lowest BCUT2D eigenvalue weighted by Gasteiger charge is -2.18. The van der Waals surface area contributed by atoms with Crippen LogP contribution in [0.5, 0.6) is 5.75 Å². The van der Waals surface area contributed by atoms with Crippen molar-refractivity contribution >= 4 is 16.8 Å². The van der Waals surface area contributed by atoms with Gasteiger partial charge in [-0.3, -0.25) is 4.79 Å². The quantitative estimate of drug-likeness (QED) is 0.801. The maximum Gasteiger partial charge on any atom is 0.339 e. The van der Waals surface area contributed by atoms with E-state index in [2.05, 4.69) is 0 Å². The van der Waals surface area contributed by atoms with Crippen molar-refractivity contribution < 1.29 is 13.9 Å². The van der Waals surface area contributed by atoms with Gasteiger partial charge in [0.25, 0.3) is 0 Å². The van der Waals surface area contributed by atoms with Crippen LogP contribution in [0.15, 0.2) is 21.3 Å². The summed E-state index contributed by atoms with van der Waals surface area (Å²) >= 11 is 0. The Bertz CT molecular complexity index is 807. The summed E-state index contributed by atoms with van der Waals surface area (Å²) in [5.74, 6) is 0.595. The lowest BCUT2D eigenvalue weighted by atomic mass is 9.91. The first kappa shape index (κ1) is 17.3. The third-order valence-electron chi connectivity index (χ3n) is 4.20. The van der Waals surface area contributed by atoms with E-state index in [1.807, 2.05) is 53.7 Å². The lowest BCUT2D eigenvalue weighted by molar-refractivity contribution is -0.128. The minimum atomic E-state index is -0.441. The van der Waals surface area contributed by atoms with Gasteiger partial charge in [-0.1, -0.05) is 27.7 Å². The van der Waals surface area contributed by atoms with E-state index >= 15 is 0 Å². The molecule has 2 aromatic rings. The second-order valence-electron chi connectivity index (χ2n) is 6.87. The van der Waals surface area contributed by atoms with Crippen LogP contribution < -0.4 is 10.4 Å². The SMILES string of the molecule is CCc1c(C)c2ccc(OCC(=O)C(C)(C)C)c(C)c2oc1=O. The predicted molar refractivity (Wildman–Crippen MR) is 91.3 cm³/mol. The summed E-state index contributed by atoms with van der Waals surface area (Å²) in [4.78, 5) is 24.1. The number of ether oxygens (including phenoxy) is 1. The molecule has 0 bridgehead atoms. The van der Waals surface area contributed by atoms with Gasteiger partial charge < -0.3 is 9.15 Å². The highest BCUT2D eigenvalue weighted by atomic mass is 16.5. The van der Waals surface area contributed by atoms with Gasteiger partial charge >= 0.3 is 5.63 Å². The maximum absolute atomic E-state index is 12.1. The van der Waals surface area contributed by atoms with E-state index in [1.54, 1.807) is 0 Å². The topological polar surface area (TPSA) is 56.5 Å². The number of ketones is 1. The normalized spacial score (nSPS) is 11.7. The highest BCUT2D eigenvalue weighted by Crippen LogP contribution is 2.29. The smallest absolute Gasteiger partial charge is 0.339 e. The Morgan fingerprint density at radius 2 is 1.83 bits per heavy atom. The largest absolute Gasteiger partial charge is 0.485 e. The van der Waals surface area contributed by atoms with Gasteiger partial charge in [0.15, 0.2) is 5.78 Å². The van der Waals surface area contributed by atoms with Crippen molar-refractivity contribution in [1.29, 1.82) is 0 Å². The van der Waals surface area contributed by atoms with Crippen LogP contribution in [0.2, 0.25) is 0 Å². The summed E-state index contributed by atoms with van der Waals surface area (Å²) in [6.45, 7) is 11.3. The number of hydrogen-bond acceptors (Lipinski definition) is 4. The second kappa shape index (κ2) is 6.19. The van der Waals surface area contributed by atoms with Crippen LogP contribution in [0.25, 0.3) is 11.0 Å². The van der Waals surface area contributed by atoms with Crippen molar-refractivity contribution in [3.8, 4) is 5.75 Å². The van der Waals surface area contributed by atoms with Gasteiger partial charge in [0.1, 0.15) is 17.9 Å². The Balaban J connectivity index is 2.44. The van der Waals surface area contributed by atoms with Gasteiger partial charge in [0, 0.05) is 21.9 Å². The molecule has 0 saturated carbocycles. The average molecular weight is 316 g/mol. The fraction of sp³-hybridized carbons (Fsp3) is 0.474. The van der Waals surface area contributed by atoms with Crippen LogP contribution in [-0.4, -0.2) is 12.4 Å². The third-order valence-corrected chi connectivity index (χ3v) is 4.20. The summed E-state index contributed by atoms with van der Waals surface area (Å²) in [6, 6.07) is 3.72. The van der Waals surface area contributed by atoms with E-state index in [4.69, 9.17) is 9.15 Å². The zero-order chi connectivity index (χ0) is 17.4. The van der Waals surface area contributed by atoms with Crippen molar-refractivity contribution in [3.05, 3.63) is 39.2 Å². The number of carbonyl (C=O) groups is 1. The number of Topliss-reactive ketones (excluding diaryl/α,β-unsaturated/α-hetero) is 1. The minimum Gasteiger partial charge on any atom is -0.485 e. The molecule has 1 aromatic carbocycles. The molecule has 0 fully saturated rings. The summed E-state index contributed by atoms with van der Waals surface area (Å²) in [5, 5.41) is 0.911. The monoisotopic (exact) mass is 316 g/mol. The van der Waals surface area contributed by atoms with E-state index in [0.717, 1.165) is 16.5 Å². The molecule has 2 rings (SSSR count). The van der Waals surface area contributed by atoms with E-state index in [-0.39, 0.29) is 18.0 Å². The van der Waals surface area contributed by atoms with Crippen molar-refractivity contribution in [3.63, 3.8) is 0 Å². The van der Waals surface area contributed by atoms with E-state index in [9.17, 15) is 9.59 Å². The molecule has 0 atom stereocenters. The van der Waals surface area contributed by atoms with Gasteiger partial charge in [0.2, 0.25) is 0 Å². The van der Waals surface area contributed by atoms with Gasteiger partial charge in [-0.15, -0.1) is 0 Å². The molecule has 0 aliphatic carbocycles. The molecule has 0 amide bonds. The molecular formula is C19H24O4.